The minimum Gasteiger partial charge on any atom is -0.478 e. The highest BCUT2D eigenvalue weighted by atomic mass is 32.2. The summed E-state index contributed by atoms with van der Waals surface area (Å²) in [7, 11) is -3.59. The van der Waals surface area contributed by atoms with Crippen LogP contribution in [0.25, 0.3) is 6.08 Å². The number of carbonyl (C=O) groups is 1. The summed E-state index contributed by atoms with van der Waals surface area (Å²) < 4.78 is 26.5. The van der Waals surface area contributed by atoms with Crippen molar-refractivity contribution >= 4 is 33.4 Å². The number of aliphatic carboxylic acids is 1. The van der Waals surface area contributed by atoms with Gasteiger partial charge in [-0.3, -0.25) is 4.98 Å². The predicted octanol–water partition coefficient (Wildman–Crippen LogP) is 1.72. The number of thiophene rings is 1. The van der Waals surface area contributed by atoms with Gasteiger partial charge in [0.1, 0.15) is 4.90 Å². The molecular formula is C13H12N2O4S2. The van der Waals surface area contributed by atoms with E-state index in [0.29, 0.717) is 0 Å². The third-order valence-corrected chi connectivity index (χ3v) is 4.81. The van der Waals surface area contributed by atoms with Crippen LogP contribution in [0.5, 0.6) is 0 Å². The summed E-state index contributed by atoms with van der Waals surface area (Å²) in [5.74, 6) is -1.03. The summed E-state index contributed by atoms with van der Waals surface area (Å²) in [6, 6.07) is 4.75. The molecule has 0 radical (unpaired) electrons. The van der Waals surface area contributed by atoms with Crippen molar-refractivity contribution in [3.05, 3.63) is 52.5 Å². The number of nitrogens with zero attached hydrogens (tertiary/aromatic N) is 1. The first-order valence-electron chi connectivity index (χ1n) is 5.85. The SMILES string of the molecule is O=C(O)C=Cc1csc(CNS(=O)(=O)c2cccnc2)c1. The first-order valence-corrected chi connectivity index (χ1v) is 8.22. The third kappa shape index (κ3) is 4.48. The van der Waals surface area contributed by atoms with E-state index in [1.165, 1.54) is 35.9 Å². The maximum absolute atomic E-state index is 12.0. The molecule has 0 unspecified atom stereocenters. The second kappa shape index (κ2) is 6.61. The zero-order valence-electron chi connectivity index (χ0n) is 10.8. The minimum absolute atomic E-state index is 0.104. The third-order valence-electron chi connectivity index (χ3n) is 2.47. The van der Waals surface area contributed by atoms with Gasteiger partial charge in [0.05, 0.1) is 0 Å². The Kier molecular flexibility index (Phi) is 4.84. The highest BCUT2D eigenvalue weighted by Crippen LogP contribution is 2.17. The molecule has 0 atom stereocenters. The number of carboxylic acids is 1. The van der Waals surface area contributed by atoms with Crippen molar-refractivity contribution in [1.82, 2.24) is 9.71 Å². The topological polar surface area (TPSA) is 96.4 Å². The van der Waals surface area contributed by atoms with Crippen molar-refractivity contribution in [2.75, 3.05) is 0 Å². The van der Waals surface area contributed by atoms with Crippen LogP contribution in [-0.4, -0.2) is 24.5 Å². The summed E-state index contributed by atoms with van der Waals surface area (Å²) in [6.07, 6.45) is 5.26. The molecule has 6 nitrogen and oxygen atoms in total. The summed E-state index contributed by atoms with van der Waals surface area (Å²) in [5.41, 5.74) is 0.720. The van der Waals surface area contributed by atoms with Gasteiger partial charge in [-0.05, 0) is 35.2 Å². The zero-order valence-corrected chi connectivity index (χ0v) is 12.4. The van der Waals surface area contributed by atoms with Crippen molar-refractivity contribution in [3.63, 3.8) is 0 Å². The van der Waals surface area contributed by atoms with E-state index in [0.717, 1.165) is 16.5 Å². The fourth-order valence-corrected chi connectivity index (χ4v) is 3.36. The fraction of sp³-hybridized carbons (Fsp3) is 0.0769. The lowest BCUT2D eigenvalue weighted by Crippen LogP contribution is -2.22. The van der Waals surface area contributed by atoms with Gasteiger partial charge in [0.2, 0.25) is 10.0 Å². The Balaban J connectivity index is 2.02. The van der Waals surface area contributed by atoms with E-state index in [1.54, 1.807) is 17.5 Å². The molecule has 0 aliphatic carbocycles. The first kappa shape index (κ1) is 15.4. The van der Waals surface area contributed by atoms with E-state index in [-0.39, 0.29) is 11.4 Å². The molecule has 0 saturated carbocycles. The summed E-state index contributed by atoms with van der Waals surface area (Å²) in [4.78, 5) is 15.1. The Morgan fingerprint density at radius 3 is 2.95 bits per heavy atom. The quantitative estimate of drug-likeness (QED) is 0.789. The molecule has 0 bridgehead atoms. The molecule has 0 amide bonds. The largest absolute Gasteiger partial charge is 0.478 e. The van der Waals surface area contributed by atoms with Crippen molar-refractivity contribution in [2.24, 2.45) is 0 Å². The number of rotatable bonds is 6. The number of hydrogen-bond donors (Lipinski definition) is 2. The van der Waals surface area contributed by atoms with Crippen LogP contribution in [-0.2, 0) is 21.4 Å². The molecule has 110 valence electrons. The molecule has 2 N–H and O–H groups in total. The number of sulfonamides is 1. The second-order valence-corrected chi connectivity index (χ2v) is 6.79. The summed E-state index contributed by atoms with van der Waals surface area (Å²) in [5, 5.41) is 10.3. The highest BCUT2D eigenvalue weighted by molar-refractivity contribution is 7.89. The van der Waals surface area contributed by atoms with Crippen molar-refractivity contribution < 1.29 is 18.3 Å². The van der Waals surface area contributed by atoms with Crippen LogP contribution >= 0.6 is 11.3 Å². The first-order chi connectivity index (χ1) is 9.97. The summed E-state index contributed by atoms with van der Waals surface area (Å²) in [6.45, 7) is 0.142. The fourth-order valence-electron chi connectivity index (χ4n) is 1.50. The van der Waals surface area contributed by atoms with Gasteiger partial charge in [-0.2, -0.15) is 0 Å². The van der Waals surface area contributed by atoms with Gasteiger partial charge >= 0.3 is 5.97 Å². The summed E-state index contributed by atoms with van der Waals surface area (Å²) >= 11 is 1.35. The maximum Gasteiger partial charge on any atom is 0.328 e. The van der Waals surface area contributed by atoms with Crippen LogP contribution < -0.4 is 4.72 Å². The lowest BCUT2D eigenvalue weighted by molar-refractivity contribution is -0.131. The maximum atomic E-state index is 12.0. The van der Waals surface area contributed by atoms with Gasteiger partial charge in [0.15, 0.2) is 0 Å². The molecular weight excluding hydrogens is 312 g/mol. The molecule has 8 heteroatoms. The molecule has 0 spiro atoms. The molecule has 2 heterocycles. The minimum atomic E-state index is -3.59. The van der Waals surface area contributed by atoms with Gasteiger partial charge in [-0.1, -0.05) is 0 Å². The van der Waals surface area contributed by atoms with Crippen molar-refractivity contribution in [3.8, 4) is 0 Å². The van der Waals surface area contributed by atoms with Crippen LogP contribution in [0.15, 0.2) is 46.9 Å². The Labute approximate surface area is 125 Å². The Hall–Kier alpha value is -2.03. The van der Waals surface area contributed by atoms with E-state index in [2.05, 4.69) is 9.71 Å². The predicted molar refractivity (Wildman–Crippen MR) is 79.3 cm³/mol. The molecule has 2 aromatic rings. The van der Waals surface area contributed by atoms with Gasteiger partial charge in [-0.25, -0.2) is 17.9 Å². The normalized spacial score (nSPS) is 11.8. The smallest absolute Gasteiger partial charge is 0.328 e. The van der Waals surface area contributed by atoms with Gasteiger partial charge in [-0.15, -0.1) is 11.3 Å². The van der Waals surface area contributed by atoms with Crippen LogP contribution in [0.4, 0.5) is 0 Å². The van der Waals surface area contributed by atoms with E-state index in [9.17, 15) is 13.2 Å². The number of carboxylic acid groups (broad SMARTS) is 1. The average molecular weight is 324 g/mol. The lowest BCUT2D eigenvalue weighted by Gasteiger charge is -2.04. The Morgan fingerprint density at radius 1 is 1.48 bits per heavy atom. The van der Waals surface area contributed by atoms with E-state index in [1.807, 2.05) is 0 Å². The van der Waals surface area contributed by atoms with Crippen molar-refractivity contribution in [2.45, 2.75) is 11.4 Å². The molecule has 0 fully saturated rings. The number of nitrogens with one attached hydrogen (secondary N) is 1. The average Bonchev–Trinajstić information content (AvgIpc) is 2.92. The van der Waals surface area contributed by atoms with E-state index in [4.69, 9.17) is 5.11 Å². The van der Waals surface area contributed by atoms with Gasteiger partial charge in [0, 0.05) is 29.9 Å². The lowest BCUT2D eigenvalue weighted by atomic mass is 10.3. The van der Waals surface area contributed by atoms with Crippen LogP contribution in [0.1, 0.15) is 10.4 Å². The molecule has 2 aromatic heterocycles. The molecule has 0 saturated heterocycles. The van der Waals surface area contributed by atoms with Crippen molar-refractivity contribution in [1.29, 1.82) is 0 Å². The van der Waals surface area contributed by atoms with Crippen LogP contribution in [0.3, 0.4) is 0 Å². The Bertz CT molecular complexity index is 751. The molecule has 2 rings (SSSR count). The van der Waals surface area contributed by atoms with Crippen LogP contribution in [0.2, 0.25) is 0 Å². The van der Waals surface area contributed by atoms with E-state index < -0.39 is 16.0 Å². The van der Waals surface area contributed by atoms with Gasteiger partial charge < -0.3 is 5.11 Å². The number of hydrogen-bond acceptors (Lipinski definition) is 5. The molecule has 0 aliphatic heterocycles. The van der Waals surface area contributed by atoms with E-state index >= 15 is 0 Å². The van der Waals surface area contributed by atoms with Gasteiger partial charge in [0.25, 0.3) is 0 Å². The second-order valence-electron chi connectivity index (χ2n) is 4.03. The number of pyridine rings is 1. The highest BCUT2D eigenvalue weighted by Gasteiger charge is 2.13. The molecule has 21 heavy (non-hydrogen) atoms. The standard InChI is InChI=1S/C13H12N2O4S2/c16-13(17)4-3-10-6-11(20-9-10)7-15-21(18,19)12-2-1-5-14-8-12/h1-6,8-9,15H,7H2,(H,16,17). The zero-order chi connectivity index (χ0) is 15.3. The van der Waals surface area contributed by atoms with Crippen LogP contribution in [0, 0.1) is 0 Å². The molecule has 0 aliphatic rings. The number of aromatic nitrogens is 1. The molecule has 0 aromatic carbocycles. The Morgan fingerprint density at radius 2 is 2.29 bits per heavy atom. The monoisotopic (exact) mass is 324 g/mol.